The third-order valence-electron chi connectivity index (χ3n) is 3.98. The molecule has 0 saturated carbocycles. The highest BCUT2D eigenvalue weighted by atomic mass is 19.1. The summed E-state index contributed by atoms with van der Waals surface area (Å²) in [7, 11) is 2.00. The molecule has 1 N–H and O–H groups in total. The minimum Gasteiger partial charge on any atom is -0.314 e. The molecule has 3 unspecified atom stereocenters. The highest BCUT2D eigenvalue weighted by Crippen LogP contribution is 2.24. The standard InChI is InChI=1S/C8H16FN.C6H13N.2C2H6/c1-6(2)8-7(9)4-5-10(8)3;1-2-6-4-3-5-7-6;2*1-2/h6-8H,4-5H2,1-3H3;6-7H,2-5H2,1H3;2*1-2H3. The maximum atomic E-state index is 13.0. The third-order valence-corrected chi connectivity index (χ3v) is 3.98. The zero-order valence-corrected chi connectivity index (χ0v) is 15.9. The summed E-state index contributed by atoms with van der Waals surface area (Å²) in [5.41, 5.74) is 0. The lowest BCUT2D eigenvalue weighted by atomic mass is 10.0. The second-order valence-electron chi connectivity index (χ2n) is 5.72. The van der Waals surface area contributed by atoms with Gasteiger partial charge in [-0.15, -0.1) is 0 Å². The lowest BCUT2D eigenvalue weighted by Gasteiger charge is -2.24. The second-order valence-corrected chi connectivity index (χ2v) is 5.72. The molecule has 0 aromatic heterocycles. The quantitative estimate of drug-likeness (QED) is 0.781. The van der Waals surface area contributed by atoms with Gasteiger partial charge in [-0.1, -0.05) is 48.5 Å². The Morgan fingerprint density at radius 1 is 1.14 bits per heavy atom. The lowest BCUT2D eigenvalue weighted by molar-refractivity contribution is 0.174. The monoisotopic (exact) mass is 304 g/mol. The first kappa shape index (κ1) is 23.1. The highest BCUT2D eigenvalue weighted by molar-refractivity contribution is 4.86. The Kier molecular flexibility index (Phi) is 16.3. The van der Waals surface area contributed by atoms with Crippen LogP contribution in [0.1, 0.15) is 74.1 Å². The van der Waals surface area contributed by atoms with Gasteiger partial charge in [0, 0.05) is 18.6 Å². The van der Waals surface area contributed by atoms with Crippen molar-refractivity contribution in [3.8, 4) is 0 Å². The molecule has 130 valence electrons. The Morgan fingerprint density at radius 2 is 1.71 bits per heavy atom. The lowest BCUT2D eigenvalue weighted by Crippen LogP contribution is -2.34. The first-order valence-corrected chi connectivity index (χ1v) is 9.14. The van der Waals surface area contributed by atoms with E-state index >= 15 is 0 Å². The number of halogens is 1. The van der Waals surface area contributed by atoms with Crippen LogP contribution >= 0.6 is 0 Å². The summed E-state index contributed by atoms with van der Waals surface area (Å²) in [6.45, 7) is 16.6. The van der Waals surface area contributed by atoms with Crippen molar-refractivity contribution in [3.63, 3.8) is 0 Å². The average Bonchev–Trinajstić information content (AvgIpc) is 3.13. The van der Waals surface area contributed by atoms with Gasteiger partial charge < -0.3 is 10.2 Å². The Labute approximate surface area is 133 Å². The molecule has 0 bridgehead atoms. The molecule has 2 aliphatic heterocycles. The molecule has 3 heteroatoms. The number of nitrogens with one attached hydrogen (secondary N) is 1. The van der Waals surface area contributed by atoms with Crippen molar-refractivity contribution in [2.45, 2.75) is 92.4 Å². The summed E-state index contributed by atoms with van der Waals surface area (Å²) in [6, 6.07) is 1.01. The molecule has 2 heterocycles. The van der Waals surface area contributed by atoms with E-state index in [0.29, 0.717) is 5.92 Å². The van der Waals surface area contributed by atoms with E-state index in [4.69, 9.17) is 0 Å². The van der Waals surface area contributed by atoms with Crippen molar-refractivity contribution < 1.29 is 4.39 Å². The minimum absolute atomic E-state index is 0.167. The molecular formula is C18H41FN2. The van der Waals surface area contributed by atoms with E-state index in [1.54, 1.807) is 0 Å². The van der Waals surface area contributed by atoms with Crippen LogP contribution in [0.25, 0.3) is 0 Å². The van der Waals surface area contributed by atoms with Crippen molar-refractivity contribution in [1.29, 1.82) is 0 Å². The van der Waals surface area contributed by atoms with Crippen LogP contribution in [0.15, 0.2) is 0 Å². The first-order valence-electron chi connectivity index (χ1n) is 9.14. The van der Waals surface area contributed by atoms with Crippen molar-refractivity contribution in [3.05, 3.63) is 0 Å². The summed E-state index contributed by atoms with van der Waals surface area (Å²) in [5, 5.41) is 3.41. The van der Waals surface area contributed by atoms with E-state index in [1.165, 1.54) is 25.8 Å². The number of hydrogen-bond donors (Lipinski definition) is 1. The molecule has 0 spiro atoms. The minimum atomic E-state index is -0.593. The van der Waals surface area contributed by atoms with Crippen molar-refractivity contribution in [2.24, 2.45) is 5.92 Å². The second kappa shape index (κ2) is 14.8. The van der Waals surface area contributed by atoms with E-state index < -0.39 is 6.17 Å². The van der Waals surface area contributed by atoms with Gasteiger partial charge in [0.25, 0.3) is 0 Å². The summed E-state index contributed by atoms with van der Waals surface area (Å²) < 4.78 is 13.0. The van der Waals surface area contributed by atoms with Crippen molar-refractivity contribution in [2.75, 3.05) is 20.1 Å². The van der Waals surface area contributed by atoms with Crippen LogP contribution in [0.2, 0.25) is 0 Å². The number of rotatable bonds is 2. The van der Waals surface area contributed by atoms with Gasteiger partial charge in [0.2, 0.25) is 0 Å². The van der Waals surface area contributed by atoms with E-state index in [2.05, 4.69) is 31.0 Å². The molecule has 0 aromatic rings. The number of nitrogens with zero attached hydrogens (tertiary/aromatic N) is 1. The van der Waals surface area contributed by atoms with Gasteiger partial charge in [0.05, 0.1) is 0 Å². The van der Waals surface area contributed by atoms with Crippen molar-refractivity contribution in [1.82, 2.24) is 10.2 Å². The Bertz CT molecular complexity index is 193. The van der Waals surface area contributed by atoms with Gasteiger partial charge >= 0.3 is 0 Å². The van der Waals surface area contributed by atoms with E-state index in [0.717, 1.165) is 19.0 Å². The Hall–Kier alpha value is -0.150. The topological polar surface area (TPSA) is 15.3 Å². The maximum absolute atomic E-state index is 13.0. The van der Waals surface area contributed by atoms with E-state index in [-0.39, 0.29) is 6.04 Å². The van der Waals surface area contributed by atoms with E-state index in [9.17, 15) is 4.39 Å². The molecule has 2 rings (SSSR count). The van der Waals surface area contributed by atoms with Crippen LogP contribution in [-0.4, -0.2) is 43.3 Å². The van der Waals surface area contributed by atoms with Crippen LogP contribution in [0.4, 0.5) is 4.39 Å². The van der Waals surface area contributed by atoms with Gasteiger partial charge in [-0.25, -0.2) is 4.39 Å². The fraction of sp³-hybridized carbons (Fsp3) is 1.00. The van der Waals surface area contributed by atoms with Gasteiger partial charge in [0.15, 0.2) is 0 Å². The molecule has 0 amide bonds. The molecule has 2 nitrogen and oxygen atoms in total. The summed E-state index contributed by atoms with van der Waals surface area (Å²) >= 11 is 0. The number of likely N-dealkylation sites (tertiary alicyclic amines) is 1. The Balaban J connectivity index is 0. The maximum Gasteiger partial charge on any atom is 0.117 e. The highest BCUT2D eigenvalue weighted by Gasteiger charge is 2.33. The normalized spacial score (nSPS) is 28.0. The predicted molar refractivity (Wildman–Crippen MR) is 94.8 cm³/mol. The van der Waals surface area contributed by atoms with E-state index in [1.807, 2.05) is 34.7 Å². The first-order chi connectivity index (χ1) is 10.1. The predicted octanol–water partition coefficient (Wildman–Crippen LogP) is 4.89. The molecule has 2 saturated heterocycles. The SMILES string of the molecule is CC.CC.CC(C)C1C(F)CCN1C.CCC1CCCN1. The largest absolute Gasteiger partial charge is 0.314 e. The molecule has 0 aliphatic carbocycles. The van der Waals surface area contributed by atoms with Gasteiger partial charge in [-0.3, -0.25) is 0 Å². The fourth-order valence-corrected chi connectivity index (χ4v) is 2.95. The number of hydrogen-bond acceptors (Lipinski definition) is 2. The summed E-state index contributed by atoms with van der Waals surface area (Å²) in [6.07, 6.45) is 4.22. The molecular weight excluding hydrogens is 263 g/mol. The third kappa shape index (κ3) is 9.46. The zero-order valence-electron chi connectivity index (χ0n) is 15.9. The Morgan fingerprint density at radius 3 is 1.90 bits per heavy atom. The summed E-state index contributed by atoms with van der Waals surface area (Å²) in [4.78, 5) is 2.12. The molecule has 2 aliphatic rings. The van der Waals surface area contributed by atoms with Crippen LogP contribution < -0.4 is 5.32 Å². The van der Waals surface area contributed by atoms with Gasteiger partial charge in [-0.05, 0) is 45.2 Å². The van der Waals surface area contributed by atoms with Crippen LogP contribution in [0.3, 0.4) is 0 Å². The molecule has 21 heavy (non-hydrogen) atoms. The fourth-order valence-electron chi connectivity index (χ4n) is 2.95. The zero-order chi connectivity index (χ0) is 16.8. The van der Waals surface area contributed by atoms with Crippen LogP contribution in [-0.2, 0) is 0 Å². The van der Waals surface area contributed by atoms with Gasteiger partial charge in [0.1, 0.15) is 6.17 Å². The summed E-state index contributed by atoms with van der Waals surface area (Å²) in [5.74, 6) is 0.447. The molecule has 0 aromatic carbocycles. The number of alkyl halides is 1. The van der Waals surface area contributed by atoms with Crippen molar-refractivity contribution >= 4 is 0 Å². The van der Waals surface area contributed by atoms with Crippen LogP contribution in [0.5, 0.6) is 0 Å². The van der Waals surface area contributed by atoms with Crippen LogP contribution in [0, 0.1) is 5.92 Å². The molecule has 2 fully saturated rings. The molecule has 3 atom stereocenters. The van der Waals surface area contributed by atoms with Gasteiger partial charge in [-0.2, -0.15) is 0 Å². The average molecular weight is 305 g/mol. The molecule has 0 radical (unpaired) electrons. The smallest absolute Gasteiger partial charge is 0.117 e.